The number of imide groups is 1. The lowest BCUT2D eigenvalue weighted by molar-refractivity contribution is 0.0416. The molecule has 0 saturated heterocycles. The molecule has 3 rings (SSSR count). The Balaban J connectivity index is 1.63. The Labute approximate surface area is 135 Å². The van der Waals surface area contributed by atoms with Crippen LogP contribution in [0.3, 0.4) is 0 Å². The number of carbonyl (C=O) groups excluding carboxylic acids is 3. The molecular weight excluding hydrogens is 320 g/mol. The summed E-state index contributed by atoms with van der Waals surface area (Å²) in [4.78, 5) is 36.9. The first-order chi connectivity index (χ1) is 11.5. The largest absolute Gasteiger partial charge is 0.460 e. The zero-order valence-corrected chi connectivity index (χ0v) is 12.3. The molecule has 0 aromatic heterocycles. The van der Waals surface area contributed by atoms with Crippen LogP contribution < -0.4 is 0 Å². The fourth-order valence-corrected chi connectivity index (χ4v) is 2.40. The van der Waals surface area contributed by atoms with Crippen LogP contribution in [0, 0.1) is 11.6 Å². The van der Waals surface area contributed by atoms with Gasteiger partial charge in [0.25, 0.3) is 11.8 Å². The molecule has 1 aliphatic rings. The van der Waals surface area contributed by atoms with Crippen LogP contribution in [0.1, 0.15) is 31.1 Å². The van der Waals surface area contributed by atoms with Gasteiger partial charge in [0.05, 0.1) is 23.2 Å². The monoisotopic (exact) mass is 331 g/mol. The predicted octanol–water partition coefficient (Wildman–Crippen LogP) is 2.42. The first kappa shape index (κ1) is 15.8. The number of ether oxygens (including phenoxy) is 1. The lowest BCUT2D eigenvalue weighted by Crippen LogP contribution is -2.33. The Hall–Kier alpha value is -3.09. The molecule has 2 amide bonds. The summed E-state index contributed by atoms with van der Waals surface area (Å²) >= 11 is 0. The molecule has 1 heterocycles. The van der Waals surface area contributed by atoms with Crippen LogP contribution >= 0.6 is 0 Å². The topological polar surface area (TPSA) is 63.7 Å². The van der Waals surface area contributed by atoms with Gasteiger partial charge < -0.3 is 4.74 Å². The van der Waals surface area contributed by atoms with Crippen molar-refractivity contribution in [1.29, 1.82) is 0 Å². The zero-order chi connectivity index (χ0) is 17.3. The van der Waals surface area contributed by atoms with Crippen LogP contribution in [0.25, 0.3) is 0 Å². The molecule has 0 bridgehead atoms. The van der Waals surface area contributed by atoms with Gasteiger partial charge >= 0.3 is 5.97 Å². The lowest BCUT2D eigenvalue weighted by Gasteiger charge is -2.13. The minimum absolute atomic E-state index is 0.172. The second-order valence-electron chi connectivity index (χ2n) is 5.07. The summed E-state index contributed by atoms with van der Waals surface area (Å²) in [6.45, 7) is -0.491. The highest BCUT2D eigenvalue weighted by atomic mass is 19.1. The number of fused-ring (bicyclic) bond motifs is 1. The Morgan fingerprint density at radius 1 is 1.00 bits per heavy atom. The molecule has 0 radical (unpaired) electrons. The van der Waals surface area contributed by atoms with Gasteiger partial charge in [0.1, 0.15) is 18.2 Å². The molecular formula is C17H11F2NO4. The van der Waals surface area contributed by atoms with Crippen molar-refractivity contribution in [3.05, 3.63) is 70.8 Å². The maximum Gasteiger partial charge on any atom is 0.341 e. The highest BCUT2D eigenvalue weighted by Gasteiger charge is 2.34. The number of nitrogens with zero attached hydrogens (tertiary/aromatic N) is 1. The zero-order valence-electron chi connectivity index (χ0n) is 12.3. The second kappa shape index (κ2) is 6.19. The molecule has 0 saturated carbocycles. The maximum absolute atomic E-state index is 13.5. The first-order valence-electron chi connectivity index (χ1n) is 7.06. The quantitative estimate of drug-likeness (QED) is 0.637. The highest BCUT2D eigenvalue weighted by molar-refractivity contribution is 6.21. The second-order valence-corrected chi connectivity index (χ2v) is 5.07. The maximum atomic E-state index is 13.5. The van der Waals surface area contributed by atoms with E-state index in [2.05, 4.69) is 0 Å². The first-order valence-corrected chi connectivity index (χ1v) is 7.06. The van der Waals surface area contributed by atoms with E-state index >= 15 is 0 Å². The van der Waals surface area contributed by atoms with E-state index in [1.807, 2.05) is 0 Å². The van der Waals surface area contributed by atoms with Gasteiger partial charge in [0.2, 0.25) is 0 Å². The van der Waals surface area contributed by atoms with Gasteiger partial charge in [-0.15, -0.1) is 0 Å². The summed E-state index contributed by atoms with van der Waals surface area (Å²) in [7, 11) is 0. The summed E-state index contributed by atoms with van der Waals surface area (Å²) in [5, 5.41) is 0. The fraction of sp³-hybridized carbons (Fsp3) is 0.118. The van der Waals surface area contributed by atoms with Gasteiger partial charge in [-0.05, 0) is 30.3 Å². The summed E-state index contributed by atoms with van der Waals surface area (Å²) in [6, 6.07) is 8.76. The van der Waals surface area contributed by atoms with Gasteiger partial charge in [0, 0.05) is 0 Å². The molecule has 2 aromatic rings. The smallest absolute Gasteiger partial charge is 0.341 e. The van der Waals surface area contributed by atoms with Crippen molar-refractivity contribution in [2.24, 2.45) is 0 Å². The molecule has 5 nitrogen and oxygen atoms in total. The minimum atomic E-state index is -1.07. The highest BCUT2D eigenvalue weighted by Crippen LogP contribution is 2.22. The standard InChI is InChI=1S/C17H11F2NO4/c18-10-5-6-14(19)13(9-10)17(23)24-8-7-20-15(21)11-3-1-2-4-12(11)16(20)22/h1-6,9H,7-8H2. The van der Waals surface area contributed by atoms with Crippen LogP contribution in [0.5, 0.6) is 0 Å². The summed E-state index contributed by atoms with van der Waals surface area (Å²) in [5.74, 6) is -3.72. The molecule has 1 aliphatic heterocycles. The van der Waals surface area contributed by atoms with Crippen molar-refractivity contribution in [2.75, 3.05) is 13.2 Å². The van der Waals surface area contributed by atoms with E-state index < -0.39 is 35.0 Å². The van der Waals surface area contributed by atoms with E-state index in [0.29, 0.717) is 0 Å². The Morgan fingerprint density at radius 2 is 1.62 bits per heavy atom. The average molecular weight is 331 g/mol. The van der Waals surface area contributed by atoms with Gasteiger partial charge in [-0.3, -0.25) is 14.5 Å². The van der Waals surface area contributed by atoms with E-state index in [-0.39, 0.29) is 24.3 Å². The summed E-state index contributed by atoms with van der Waals surface area (Å²) in [5.41, 5.74) is 0.0207. The number of amides is 2. The van der Waals surface area contributed by atoms with Crippen molar-refractivity contribution in [3.8, 4) is 0 Å². The van der Waals surface area contributed by atoms with Crippen molar-refractivity contribution in [2.45, 2.75) is 0 Å². The van der Waals surface area contributed by atoms with Crippen molar-refractivity contribution >= 4 is 17.8 Å². The number of carbonyl (C=O) groups is 3. The van der Waals surface area contributed by atoms with Gasteiger partial charge in [0.15, 0.2) is 0 Å². The number of hydrogen-bond acceptors (Lipinski definition) is 4. The summed E-state index contributed by atoms with van der Waals surface area (Å²) < 4.78 is 31.4. The third kappa shape index (κ3) is 2.76. The fourth-order valence-electron chi connectivity index (χ4n) is 2.40. The molecule has 2 aromatic carbocycles. The third-order valence-corrected chi connectivity index (χ3v) is 3.57. The number of esters is 1. The number of hydrogen-bond donors (Lipinski definition) is 0. The molecule has 24 heavy (non-hydrogen) atoms. The number of halogens is 2. The van der Waals surface area contributed by atoms with Crippen LogP contribution in [-0.2, 0) is 4.74 Å². The van der Waals surface area contributed by atoms with E-state index in [0.717, 1.165) is 23.1 Å². The van der Waals surface area contributed by atoms with E-state index in [9.17, 15) is 23.2 Å². The molecule has 0 spiro atoms. The van der Waals surface area contributed by atoms with Crippen LogP contribution in [0.4, 0.5) is 8.78 Å². The molecule has 0 unspecified atom stereocenters. The van der Waals surface area contributed by atoms with Gasteiger partial charge in [-0.25, -0.2) is 13.6 Å². The van der Waals surface area contributed by atoms with Gasteiger partial charge in [-0.1, -0.05) is 12.1 Å². The molecule has 0 aliphatic carbocycles. The molecule has 7 heteroatoms. The lowest BCUT2D eigenvalue weighted by atomic mass is 10.1. The predicted molar refractivity (Wildman–Crippen MR) is 78.4 cm³/mol. The Kier molecular flexibility index (Phi) is 4.07. The number of rotatable bonds is 4. The number of benzene rings is 2. The average Bonchev–Trinajstić information content (AvgIpc) is 2.82. The van der Waals surface area contributed by atoms with Gasteiger partial charge in [-0.2, -0.15) is 0 Å². The van der Waals surface area contributed by atoms with E-state index in [1.165, 1.54) is 12.1 Å². The third-order valence-electron chi connectivity index (χ3n) is 3.57. The molecule has 0 N–H and O–H groups in total. The van der Waals surface area contributed by atoms with Crippen LogP contribution in [-0.4, -0.2) is 35.8 Å². The summed E-state index contributed by atoms with van der Waals surface area (Å²) in [6.07, 6.45) is 0. The Morgan fingerprint density at radius 3 is 2.25 bits per heavy atom. The van der Waals surface area contributed by atoms with Crippen molar-refractivity contribution < 1.29 is 27.9 Å². The Bertz CT molecular complexity index is 815. The normalized spacial score (nSPS) is 13.2. The van der Waals surface area contributed by atoms with Crippen molar-refractivity contribution in [3.63, 3.8) is 0 Å². The SMILES string of the molecule is O=C(OCCN1C(=O)c2ccccc2C1=O)c1cc(F)ccc1F. The minimum Gasteiger partial charge on any atom is -0.460 e. The van der Waals surface area contributed by atoms with E-state index in [4.69, 9.17) is 4.74 Å². The van der Waals surface area contributed by atoms with E-state index in [1.54, 1.807) is 12.1 Å². The molecule has 0 fully saturated rings. The van der Waals surface area contributed by atoms with Crippen LogP contribution in [0.2, 0.25) is 0 Å². The van der Waals surface area contributed by atoms with Crippen LogP contribution in [0.15, 0.2) is 42.5 Å². The van der Waals surface area contributed by atoms with Crippen molar-refractivity contribution in [1.82, 2.24) is 4.90 Å². The molecule has 0 atom stereocenters. The molecule has 122 valence electrons.